The summed E-state index contributed by atoms with van der Waals surface area (Å²) in [4.78, 5) is 28.2. The van der Waals surface area contributed by atoms with E-state index in [-0.39, 0.29) is 17.2 Å². The van der Waals surface area contributed by atoms with Crippen LogP contribution in [0, 0.1) is 5.41 Å². The maximum absolute atomic E-state index is 12.3. The second-order valence-corrected chi connectivity index (χ2v) is 4.78. The van der Waals surface area contributed by atoms with E-state index in [0.29, 0.717) is 11.1 Å². The summed E-state index contributed by atoms with van der Waals surface area (Å²) in [6.07, 6.45) is 4.27. The monoisotopic (exact) mass is 308 g/mol. The lowest BCUT2D eigenvalue weighted by Gasteiger charge is -2.14. The molecule has 0 atom stereocenters. The van der Waals surface area contributed by atoms with Gasteiger partial charge in [-0.15, -0.1) is 0 Å². The van der Waals surface area contributed by atoms with E-state index in [9.17, 15) is 14.7 Å². The molecule has 23 heavy (non-hydrogen) atoms. The summed E-state index contributed by atoms with van der Waals surface area (Å²) >= 11 is 0. The molecular weight excluding hydrogens is 296 g/mol. The first-order valence-corrected chi connectivity index (χ1v) is 6.72. The third kappa shape index (κ3) is 2.67. The van der Waals surface area contributed by atoms with Crippen molar-refractivity contribution in [1.82, 2.24) is 15.4 Å². The molecule has 3 N–H and O–H groups in total. The number of aromatic hydroxyl groups is 1. The van der Waals surface area contributed by atoms with Crippen LogP contribution in [0.2, 0.25) is 0 Å². The van der Waals surface area contributed by atoms with Crippen LogP contribution < -0.4 is 5.43 Å². The number of hydrogen-bond acceptors (Lipinski definition) is 5. The average Bonchev–Trinajstić information content (AvgIpc) is 2.85. The lowest BCUT2D eigenvalue weighted by Crippen LogP contribution is -2.40. The normalized spacial score (nSPS) is 15.8. The highest BCUT2D eigenvalue weighted by Gasteiger charge is 2.35. The number of rotatable bonds is 2. The molecule has 2 amide bonds. The second kappa shape index (κ2) is 5.72. The molecule has 7 heteroatoms. The standard InChI is InChI=1S/C16H12N4O3/c17-14-12(9-11-3-1-2-4-13(11)21)15(22)19-20(14)16(23)10-5-7-18-8-6-10/h1-9,17,21H,(H,19,22). The fourth-order valence-corrected chi connectivity index (χ4v) is 2.12. The number of phenols is 1. The van der Waals surface area contributed by atoms with Crippen molar-refractivity contribution in [3.05, 3.63) is 65.5 Å². The molecule has 0 spiro atoms. The third-order valence-electron chi connectivity index (χ3n) is 3.30. The summed E-state index contributed by atoms with van der Waals surface area (Å²) in [6.45, 7) is 0. The number of aromatic nitrogens is 1. The van der Waals surface area contributed by atoms with E-state index in [2.05, 4.69) is 10.4 Å². The van der Waals surface area contributed by atoms with Gasteiger partial charge < -0.3 is 5.11 Å². The summed E-state index contributed by atoms with van der Waals surface area (Å²) in [5.41, 5.74) is 3.03. The summed E-state index contributed by atoms with van der Waals surface area (Å²) in [5, 5.41) is 18.7. The number of amidine groups is 1. The fraction of sp³-hybridized carbons (Fsp3) is 0. The molecule has 2 aromatic rings. The number of carbonyl (C=O) groups excluding carboxylic acids is 2. The molecule has 1 aliphatic rings. The van der Waals surface area contributed by atoms with E-state index in [1.807, 2.05) is 0 Å². The molecular formula is C16H12N4O3. The molecule has 0 radical (unpaired) electrons. The van der Waals surface area contributed by atoms with E-state index in [0.717, 1.165) is 5.01 Å². The SMILES string of the molecule is N=C1C(=Cc2ccccc2O)C(=O)NN1C(=O)c1ccncc1. The van der Waals surface area contributed by atoms with Crippen molar-refractivity contribution in [3.63, 3.8) is 0 Å². The Morgan fingerprint density at radius 3 is 2.61 bits per heavy atom. The molecule has 1 aromatic carbocycles. The van der Waals surface area contributed by atoms with Gasteiger partial charge in [-0.1, -0.05) is 18.2 Å². The molecule has 114 valence electrons. The maximum Gasteiger partial charge on any atom is 0.278 e. The summed E-state index contributed by atoms with van der Waals surface area (Å²) in [7, 11) is 0. The highest BCUT2D eigenvalue weighted by Crippen LogP contribution is 2.22. The zero-order valence-corrected chi connectivity index (χ0v) is 11.9. The van der Waals surface area contributed by atoms with Gasteiger partial charge in [0, 0.05) is 23.5 Å². The highest BCUT2D eigenvalue weighted by molar-refractivity contribution is 6.31. The number of pyridine rings is 1. The number of para-hydroxylation sites is 1. The van der Waals surface area contributed by atoms with Gasteiger partial charge in [-0.05, 0) is 24.3 Å². The maximum atomic E-state index is 12.3. The average molecular weight is 308 g/mol. The number of nitrogens with one attached hydrogen (secondary N) is 2. The third-order valence-corrected chi connectivity index (χ3v) is 3.30. The molecule has 3 rings (SSSR count). The minimum Gasteiger partial charge on any atom is -0.507 e. The van der Waals surface area contributed by atoms with Crippen LogP contribution >= 0.6 is 0 Å². The van der Waals surface area contributed by atoms with Crippen molar-refractivity contribution in [3.8, 4) is 5.75 Å². The quantitative estimate of drug-likeness (QED) is 0.728. The van der Waals surface area contributed by atoms with Crippen LogP contribution in [0.3, 0.4) is 0 Å². The number of amides is 2. The molecule has 0 bridgehead atoms. The van der Waals surface area contributed by atoms with Gasteiger partial charge in [0.25, 0.3) is 11.8 Å². The molecule has 0 saturated carbocycles. The second-order valence-electron chi connectivity index (χ2n) is 4.78. The van der Waals surface area contributed by atoms with Gasteiger partial charge in [0.05, 0.1) is 5.57 Å². The lowest BCUT2D eigenvalue weighted by atomic mass is 10.1. The Morgan fingerprint density at radius 2 is 1.91 bits per heavy atom. The van der Waals surface area contributed by atoms with Gasteiger partial charge in [0.1, 0.15) is 5.75 Å². The van der Waals surface area contributed by atoms with Crippen LogP contribution in [0.25, 0.3) is 6.08 Å². The number of hydrazine groups is 1. The summed E-state index contributed by atoms with van der Waals surface area (Å²) in [6, 6.07) is 9.41. The Bertz CT molecular complexity index is 830. The molecule has 1 fully saturated rings. The lowest BCUT2D eigenvalue weighted by molar-refractivity contribution is -0.118. The largest absolute Gasteiger partial charge is 0.507 e. The first kappa shape index (κ1) is 14.5. The van der Waals surface area contributed by atoms with Crippen molar-refractivity contribution in [1.29, 1.82) is 5.41 Å². The molecule has 0 aliphatic carbocycles. The highest BCUT2D eigenvalue weighted by atomic mass is 16.3. The van der Waals surface area contributed by atoms with E-state index in [1.165, 1.54) is 36.7 Å². The number of benzene rings is 1. The van der Waals surface area contributed by atoms with Gasteiger partial charge in [-0.25, -0.2) is 0 Å². The van der Waals surface area contributed by atoms with Crippen molar-refractivity contribution in [2.75, 3.05) is 0 Å². The first-order valence-electron chi connectivity index (χ1n) is 6.72. The van der Waals surface area contributed by atoms with E-state index >= 15 is 0 Å². The van der Waals surface area contributed by atoms with Gasteiger partial charge in [-0.2, -0.15) is 5.01 Å². The Balaban J connectivity index is 1.92. The molecule has 1 saturated heterocycles. The topological polar surface area (TPSA) is 106 Å². The fourth-order valence-electron chi connectivity index (χ4n) is 2.12. The smallest absolute Gasteiger partial charge is 0.278 e. The number of nitrogens with zero attached hydrogens (tertiary/aromatic N) is 2. The Hall–Kier alpha value is -3.48. The van der Waals surface area contributed by atoms with Gasteiger partial charge >= 0.3 is 0 Å². The Kier molecular flexibility index (Phi) is 3.60. The predicted molar refractivity (Wildman–Crippen MR) is 82.4 cm³/mol. The predicted octanol–water partition coefficient (Wildman–Crippen LogP) is 1.34. The molecule has 1 aromatic heterocycles. The van der Waals surface area contributed by atoms with E-state index in [4.69, 9.17) is 5.41 Å². The van der Waals surface area contributed by atoms with Crippen LogP contribution in [0.15, 0.2) is 54.4 Å². The molecule has 0 unspecified atom stereocenters. The van der Waals surface area contributed by atoms with Crippen molar-refractivity contribution >= 4 is 23.7 Å². The van der Waals surface area contributed by atoms with Crippen LogP contribution in [-0.4, -0.2) is 32.7 Å². The number of carbonyl (C=O) groups is 2. The minimum atomic E-state index is -0.583. The number of phenolic OH excluding ortho intramolecular Hbond substituents is 1. The number of hydrogen-bond donors (Lipinski definition) is 3. The first-order chi connectivity index (χ1) is 11.1. The van der Waals surface area contributed by atoms with Crippen LogP contribution in [0.4, 0.5) is 0 Å². The molecule has 2 heterocycles. The van der Waals surface area contributed by atoms with Gasteiger partial charge in [0.15, 0.2) is 5.84 Å². The van der Waals surface area contributed by atoms with Crippen molar-refractivity contribution in [2.45, 2.75) is 0 Å². The van der Waals surface area contributed by atoms with Crippen molar-refractivity contribution < 1.29 is 14.7 Å². The Morgan fingerprint density at radius 1 is 1.22 bits per heavy atom. The van der Waals surface area contributed by atoms with Gasteiger partial charge in [-0.3, -0.25) is 25.4 Å². The van der Waals surface area contributed by atoms with Crippen LogP contribution in [-0.2, 0) is 4.79 Å². The van der Waals surface area contributed by atoms with Crippen LogP contribution in [0.5, 0.6) is 5.75 Å². The Labute approximate surface area is 131 Å². The minimum absolute atomic E-state index is 0.00564. The zero-order valence-electron chi connectivity index (χ0n) is 11.9. The van der Waals surface area contributed by atoms with E-state index in [1.54, 1.807) is 18.2 Å². The zero-order chi connectivity index (χ0) is 16.4. The van der Waals surface area contributed by atoms with Gasteiger partial charge in [0.2, 0.25) is 0 Å². The molecule has 7 nitrogen and oxygen atoms in total. The molecule has 1 aliphatic heterocycles. The van der Waals surface area contributed by atoms with E-state index < -0.39 is 11.8 Å². The van der Waals surface area contributed by atoms with Crippen LogP contribution in [0.1, 0.15) is 15.9 Å². The summed E-state index contributed by atoms with van der Waals surface area (Å²) in [5.74, 6) is -1.41. The van der Waals surface area contributed by atoms with Crippen molar-refractivity contribution in [2.24, 2.45) is 0 Å². The summed E-state index contributed by atoms with van der Waals surface area (Å²) < 4.78 is 0.